The lowest BCUT2D eigenvalue weighted by Crippen LogP contribution is -2.37. The Labute approximate surface area is 136 Å². The largest absolute Gasteiger partial charge is 0.302 e. The Hall–Kier alpha value is -0.910. The lowest BCUT2D eigenvalue weighted by Gasteiger charge is -2.23. The first-order chi connectivity index (χ1) is 10.3. The van der Waals surface area contributed by atoms with E-state index in [0.717, 1.165) is 12.8 Å². The molecule has 22 heavy (non-hydrogen) atoms. The van der Waals surface area contributed by atoms with Crippen LogP contribution in [0.15, 0.2) is 29.2 Å². The van der Waals surface area contributed by atoms with Crippen LogP contribution in [0.2, 0.25) is 0 Å². The molecule has 2 unspecified atom stereocenters. The molecule has 0 amide bonds. The summed E-state index contributed by atoms with van der Waals surface area (Å²) < 4.78 is 27.2. The SMILES string of the molecule is CCC(C)c1ccc(S(=O)(=O)NCCN(C)C(C)CC)cc1. The molecule has 5 heteroatoms. The van der Waals surface area contributed by atoms with Crippen molar-refractivity contribution >= 4 is 10.0 Å². The number of rotatable bonds is 9. The third-order valence-corrected chi connectivity index (χ3v) is 5.95. The van der Waals surface area contributed by atoms with Gasteiger partial charge in [-0.1, -0.05) is 32.9 Å². The van der Waals surface area contributed by atoms with E-state index in [1.165, 1.54) is 5.56 Å². The summed E-state index contributed by atoms with van der Waals surface area (Å²) >= 11 is 0. The van der Waals surface area contributed by atoms with Crippen LogP contribution in [0, 0.1) is 0 Å². The van der Waals surface area contributed by atoms with Gasteiger partial charge in [0.15, 0.2) is 0 Å². The van der Waals surface area contributed by atoms with Crippen LogP contribution in [0.4, 0.5) is 0 Å². The minimum absolute atomic E-state index is 0.339. The molecule has 1 aromatic carbocycles. The standard InChI is InChI=1S/C17H30N2O2S/c1-6-14(3)16-8-10-17(11-9-16)22(20,21)18-12-13-19(5)15(4)7-2/h8-11,14-15,18H,6-7,12-13H2,1-5H3. The van der Waals surface area contributed by atoms with Crippen molar-refractivity contribution in [3.63, 3.8) is 0 Å². The smallest absolute Gasteiger partial charge is 0.240 e. The Morgan fingerprint density at radius 1 is 1.09 bits per heavy atom. The monoisotopic (exact) mass is 326 g/mol. The molecule has 0 aliphatic heterocycles. The number of benzene rings is 1. The number of likely N-dealkylation sites (N-methyl/N-ethyl adjacent to an activating group) is 1. The molecule has 0 fully saturated rings. The Balaban J connectivity index is 2.63. The summed E-state index contributed by atoms with van der Waals surface area (Å²) in [5, 5.41) is 0. The maximum Gasteiger partial charge on any atom is 0.240 e. The zero-order valence-electron chi connectivity index (χ0n) is 14.5. The van der Waals surface area contributed by atoms with Crippen LogP contribution < -0.4 is 4.72 Å². The number of nitrogens with one attached hydrogen (secondary N) is 1. The van der Waals surface area contributed by atoms with Crippen molar-refractivity contribution in [1.29, 1.82) is 0 Å². The Morgan fingerprint density at radius 2 is 1.68 bits per heavy atom. The molecule has 0 aromatic heterocycles. The molecule has 126 valence electrons. The highest BCUT2D eigenvalue weighted by Gasteiger charge is 2.15. The predicted octanol–water partition coefficient (Wildman–Crippen LogP) is 3.21. The number of nitrogens with zero attached hydrogens (tertiary/aromatic N) is 1. The summed E-state index contributed by atoms with van der Waals surface area (Å²) in [5.41, 5.74) is 1.18. The Bertz CT molecular complexity index is 540. The van der Waals surface area contributed by atoms with Gasteiger partial charge in [0.1, 0.15) is 0 Å². The first-order valence-corrected chi connectivity index (χ1v) is 9.60. The van der Waals surface area contributed by atoms with E-state index in [9.17, 15) is 8.42 Å². The highest BCUT2D eigenvalue weighted by molar-refractivity contribution is 7.89. The fourth-order valence-electron chi connectivity index (χ4n) is 2.18. The van der Waals surface area contributed by atoms with Gasteiger partial charge < -0.3 is 4.90 Å². The van der Waals surface area contributed by atoms with E-state index < -0.39 is 10.0 Å². The van der Waals surface area contributed by atoms with Gasteiger partial charge in [-0.25, -0.2) is 13.1 Å². The van der Waals surface area contributed by atoms with Crippen LogP contribution in [0.25, 0.3) is 0 Å². The summed E-state index contributed by atoms with van der Waals surface area (Å²) in [5.74, 6) is 0.453. The maximum absolute atomic E-state index is 12.3. The fourth-order valence-corrected chi connectivity index (χ4v) is 3.20. The fraction of sp³-hybridized carbons (Fsp3) is 0.647. The van der Waals surface area contributed by atoms with Crippen LogP contribution in [0.3, 0.4) is 0 Å². The van der Waals surface area contributed by atoms with E-state index in [-0.39, 0.29) is 0 Å². The highest BCUT2D eigenvalue weighted by atomic mass is 32.2. The van der Waals surface area contributed by atoms with E-state index in [1.54, 1.807) is 12.1 Å². The van der Waals surface area contributed by atoms with Gasteiger partial charge in [-0.05, 0) is 50.4 Å². The van der Waals surface area contributed by atoms with E-state index in [4.69, 9.17) is 0 Å². The van der Waals surface area contributed by atoms with Crippen LogP contribution in [0.1, 0.15) is 52.0 Å². The van der Waals surface area contributed by atoms with Gasteiger partial charge >= 0.3 is 0 Å². The predicted molar refractivity (Wildman–Crippen MR) is 92.7 cm³/mol. The third kappa shape index (κ3) is 5.38. The average Bonchev–Trinajstić information content (AvgIpc) is 2.53. The van der Waals surface area contributed by atoms with Crippen LogP contribution in [-0.2, 0) is 10.0 Å². The van der Waals surface area contributed by atoms with Crippen molar-refractivity contribution in [3.05, 3.63) is 29.8 Å². The van der Waals surface area contributed by atoms with Gasteiger partial charge in [-0.2, -0.15) is 0 Å². The summed E-state index contributed by atoms with van der Waals surface area (Å²) in [7, 11) is -1.40. The quantitative estimate of drug-likeness (QED) is 0.758. The molecule has 0 spiro atoms. The normalized spacial score (nSPS) is 15.0. The molecule has 0 aliphatic rings. The molecule has 0 heterocycles. The maximum atomic E-state index is 12.3. The minimum atomic E-state index is -3.41. The van der Waals surface area contributed by atoms with Gasteiger partial charge in [0.2, 0.25) is 10.0 Å². The molecule has 1 rings (SSSR count). The van der Waals surface area contributed by atoms with E-state index in [1.807, 2.05) is 19.2 Å². The van der Waals surface area contributed by atoms with Gasteiger partial charge in [0, 0.05) is 19.1 Å². The molecule has 0 bridgehead atoms. The summed E-state index contributed by atoms with van der Waals surface area (Å²) in [6.45, 7) is 9.68. The lowest BCUT2D eigenvalue weighted by molar-refractivity contribution is 0.256. The van der Waals surface area contributed by atoms with Crippen molar-refractivity contribution in [2.24, 2.45) is 0 Å². The number of hydrogen-bond donors (Lipinski definition) is 1. The minimum Gasteiger partial charge on any atom is -0.302 e. The van der Waals surface area contributed by atoms with Gasteiger partial charge in [-0.15, -0.1) is 0 Å². The third-order valence-electron chi connectivity index (χ3n) is 4.47. The average molecular weight is 327 g/mol. The number of hydrogen-bond acceptors (Lipinski definition) is 3. The second-order valence-corrected chi connectivity index (χ2v) is 7.78. The topological polar surface area (TPSA) is 49.4 Å². The Morgan fingerprint density at radius 3 is 2.18 bits per heavy atom. The molecule has 0 radical (unpaired) electrons. The molecule has 1 aromatic rings. The van der Waals surface area contributed by atoms with Crippen molar-refractivity contribution < 1.29 is 8.42 Å². The van der Waals surface area contributed by atoms with Crippen molar-refractivity contribution in [3.8, 4) is 0 Å². The van der Waals surface area contributed by atoms with Crippen LogP contribution in [-0.4, -0.2) is 39.5 Å². The molecule has 0 saturated heterocycles. The molecule has 1 N–H and O–H groups in total. The molecule has 2 atom stereocenters. The molecule has 0 aliphatic carbocycles. The summed E-state index contributed by atoms with van der Waals surface area (Å²) in [4.78, 5) is 2.50. The van der Waals surface area contributed by atoms with E-state index in [0.29, 0.717) is 29.9 Å². The lowest BCUT2D eigenvalue weighted by atomic mass is 9.99. The van der Waals surface area contributed by atoms with Crippen LogP contribution >= 0.6 is 0 Å². The zero-order valence-corrected chi connectivity index (χ0v) is 15.3. The van der Waals surface area contributed by atoms with Gasteiger partial charge in [0.25, 0.3) is 0 Å². The second kappa shape index (κ2) is 8.65. The van der Waals surface area contributed by atoms with Crippen molar-refractivity contribution in [2.75, 3.05) is 20.1 Å². The van der Waals surface area contributed by atoms with Crippen molar-refractivity contribution in [2.45, 2.75) is 57.4 Å². The molecule has 4 nitrogen and oxygen atoms in total. The zero-order chi connectivity index (χ0) is 16.8. The highest BCUT2D eigenvalue weighted by Crippen LogP contribution is 2.20. The molecular weight excluding hydrogens is 296 g/mol. The number of sulfonamides is 1. The van der Waals surface area contributed by atoms with E-state index >= 15 is 0 Å². The van der Waals surface area contributed by atoms with Gasteiger partial charge in [0.05, 0.1) is 4.90 Å². The molecule has 0 saturated carbocycles. The van der Waals surface area contributed by atoms with Gasteiger partial charge in [-0.3, -0.25) is 0 Å². The van der Waals surface area contributed by atoms with Crippen LogP contribution in [0.5, 0.6) is 0 Å². The first kappa shape index (κ1) is 19.1. The molecular formula is C17H30N2O2S. The van der Waals surface area contributed by atoms with Crippen molar-refractivity contribution in [1.82, 2.24) is 9.62 Å². The first-order valence-electron chi connectivity index (χ1n) is 8.11. The summed E-state index contributed by atoms with van der Waals surface area (Å²) in [6.07, 6.45) is 2.10. The summed E-state index contributed by atoms with van der Waals surface area (Å²) in [6, 6.07) is 7.67. The van der Waals surface area contributed by atoms with E-state index in [2.05, 4.69) is 37.3 Å². The second-order valence-electron chi connectivity index (χ2n) is 6.01. The Kier molecular flexibility index (Phi) is 7.53.